The van der Waals surface area contributed by atoms with Crippen molar-refractivity contribution in [3.05, 3.63) is 18.2 Å². The number of terminal acetylenes is 1. The topological polar surface area (TPSA) is 38.5 Å². The Labute approximate surface area is 83.5 Å². The fourth-order valence-electron chi connectivity index (χ4n) is 1.64. The van der Waals surface area contributed by atoms with Crippen molar-refractivity contribution in [2.75, 3.05) is 30.3 Å². The van der Waals surface area contributed by atoms with Gasteiger partial charge >= 0.3 is 0 Å². The molecule has 0 amide bonds. The Bertz CT molecular complexity index is 381. The van der Waals surface area contributed by atoms with Gasteiger partial charge in [0.05, 0.1) is 18.8 Å². The standard InChI is InChI=1S/C11H12N2O/c1-2-6-13-7-8-14-10-5-3-4-9(12)11(10)13/h1,3-5H,6-8,12H2. The van der Waals surface area contributed by atoms with Crippen LogP contribution in [0.5, 0.6) is 5.75 Å². The zero-order chi connectivity index (χ0) is 9.97. The van der Waals surface area contributed by atoms with Crippen molar-refractivity contribution in [3.63, 3.8) is 0 Å². The lowest BCUT2D eigenvalue weighted by molar-refractivity contribution is 0.310. The van der Waals surface area contributed by atoms with E-state index in [9.17, 15) is 0 Å². The number of fused-ring (bicyclic) bond motifs is 1. The Morgan fingerprint density at radius 2 is 2.43 bits per heavy atom. The molecule has 1 aliphatic rings. The van der Waals surface area contributed by atoms with Gasteiger partial charge in [0.1, 0.15) is 18.0 Å². The van der Waals surface area contributed by atoms with E-state index < -0.39 is 0 Å². The Hall–Kier alpha value is -1.82. The van der Waals surface area contributed by atoms with Crippen LogP contribution in [-0.4, -0.2) is 19.7 Å². The van der Waals surface area contributed by atoms with Crippen molar-refractivity contribution in [1.82, 2.24) is 0 Å². The van der Waals surface area contributed by atoms with Crippen molar-refractivity contribution in [2.45, 2.75) is 0 Å². The van der Waals surface area contributed by atoms with E-state index in [1.54, 1.807) is 0 Å². The number of nitrogens with zero attached hydrogens (tertiary/aromatic N) is 1. The van der Waals surface area contributed by atoms with Crippen LogP contribution in [0.15, 0.2) is 18.2 Å². The fourth-order valence-corrected chi connectivity index (χ4v) is 1.64. The van der Waals surface area contributed by atoms with Gasteiger partial charge in [0.15, 0.2) is 0 Å². The molecule has 0 saturated carbocycles. The highest BCUT2D eigenvalue weighted by Crippen LogP contribution is 2.36. The first kappa shape index (κ1) is 8.76. The van der Waals surface area contributed by atoms with Crippen molar-refractivity contribution in [1.29, 1.82) is 0 Å². The number of rotatable bonds is 1. The molecule has 2 N–H and O–H groups in total. The van der Waals surface area contributed by atoms with Crippen LogP contribution in [0.1, 0.15) is 0 Å². The number of anilines is 2. The second kappa shape index (κ2) is 3.51. The van der Waals surface area contributed by atoms with E-state index in [2.05, 4.69) is 10.8 Å². The zero-order valence-electron chi connectivity index (χ0n) is 7.86. The number of hydrogen-bond acceptors (Lipinski definition) is 3. The molecule has 3 nitrogen and oxygen atoms in total. The third kappa shape index (κ3) is 1.35. The quantitative estimate of drug-likeness (QED) is 0.530. The SMILES string of the molecule is C#CCN1CCOc2cccc(N)c21. The van der Waals surface area contributed by atoms with Gasteiger partial charge in [-0.3, -0.25) is 0 Å². The van der Waals surface area contributed by atoms with Crippen LogP contribution < -0.4 is 15.4 Å². The molecule has 1 aromatic carbocycles. The number of ether oxygens (including phenoxy) is 1. The first-order valence-electron chi connectivity index (χ1n) is 4.52. The Morgan fingerprint density at radius 1 is 1.57 bits per heavy atom. The molecule has 3 heteroatoms. The lowest BCUT2D eigenvalue weighted by Gasteiger charge is -2.30. The molecule has 72 valence electrons. The second-order valence-corrected chi connectivity index (χ2v) is 3.17. The zero-order valence-corrected chi connectivity index (χ0v) is 7.86. The van der Waals surface area contributed by atoms with Crippen molar-refractivity contribution in [3.8, 4) is 18.1 Å². The molecule has 0 aromatic heterocycles. The van der Waals surface area contributed by atoms with E-state index in [1.807, 2.05) is 18.2 Å². The van der Waals surface area contributed by atoms with Crippen LogP contribution in [0.25, 0.3) is 0 Å². The molecule has 14 heavy (non-hydrogen) atoms. The highest BCUT2D eigenvalue weighted by atomic mass is 16.5. The number of benzene rings is 1. The van der Waals surface area contributed by atoms with Crippen LogP contribution in [0.2, 0.25) is 0 Å². The number of hydrogen-bond donors (Lipinski definition) is 1. The van der Waals surface area contributed by atoms with Crippen molar-refractivity contribution < 1.29 is 4.74 Å². The average molecular weight is 188 g/mol. The normalized spacial score (nSPS) is 14.1. The molecule has 0 radical (unpaired) electrons. The molecule has 0 unspecified atom stereocenters. The third-order valence-electron chi connectivity index (χ3n) is 2.25. The van der Waals surface area contributed by atoms with E-state index in [1.165, 1.54) is 0 Å². The van der Waals surface area contributed by atoms with Gasteiger partial charge in [-0.2, -0.15) is 0 Å². The van der Waals surface area contributed by atoms with Gasteiger partial charge in [0.2, 0.25) is 0 Å². The molecular weight excluding hydrogens is 176 g/mol. The van der Waals surface area contributed by atoms with E-state index in [0.717, 1.165) is 23.7 Å². The molecule has 0 atom stereocenters. The molecule has 2 rings (SSSR count). The fraction of sp³-hybridized carbons (Fsp3) is 0.273. The van der Waals surface area contributed by atoms with E-state index in [4.69, 9.17) is 16.9 Å². The van der Waals surface area contributed by atoms with Crippen LogP contribution in [0.4, 0.5) is 11.4 Å². The first-order chi connectivity index (χ1) is 6.83. The van der Waals surface area contributed by atoms with Crippen LogP contribution in [-0.2, 0) is 0 Å². The number of nitrogens with two attached hydrogens (primary N) is 1. The summed E-state index contributed by atoms with van der Waals surface area (Å²) in [5, 5.41) is 0. The van der Waals surface area contributed by atoms with Gasteiger partial charge in [-0.05, 0) is 12.1 Å². The van der Waals surface area contributed by atoms with Crippen molar-refractivity contribution >= 4 is 11.4 Å². The highest BCUT2D eigenvalue weighted by molar-refractivity contribution is 5.75. The molecule has 1 heterocycles. The summed E-state index contributed by atoms with van der Waals surface area (Å²) >= 11 is 0. The summed E-state index contributed by atoms with van der Waals surface area (Å²) in [4.78, 5) is 2.06. The summed E-state index contributed by atoms with van der Waals surface area (Å²) in [5.74, 6) is 3.45. The number of para-hydroxylation sites is 1. The monoisotopic (exact) mass is 188 g/mol. The predicted molar refractivity (Wildman–Crippen MR) is 57.4 cm³/mol. The average Bonchev–Trinajstić information content (AvgIpc) is 2.19. The Morgan fingerprint density at radius 3 is 3.21 bits per heavy atom. The molecule has 1 aromatic rings. The minimum absolute atomic E-state index is 0.574. The maximum absolute atomic E-state index is 5.87. The maximum Gasteiger partial charge on any atom is 0.144 e. The molecule has 0 bridgehead atoms. The highest BCUT2D eigenvalue weighted by Gasteiger charge is 2.19. The molecule has 1 aliphatic heterocycles. The molecule has 0 fully saturated rings. The van der Waals surface area contributed by atoms with E-state index in [0.29, 0.717) is 13.2 Å². The molecule has 0 spiro atoms. The van der Waals surface area contributed by atoms with Crippen LogP contribution in [0, 0.1) is 12.3 Å². The minimum Gasteiger partial charge on any atom is -0.489 e. The second-order valence-electron chi connectivity index (χ2n) is 3.17. The third-order valence-corrected chi connectivity index (χ3v) is 2.25. The van der Waals surface area contributed by atoms with E-state index in [-0.39, 0.29) is 0 Å². The molecule has 0 aliphatic carbocycles. The van der Waals surface area contributed by atoms with Gasteiger partial charge in [0.25, 0.3) is 0 Å². The van der Waals surface area contributed by atoms with Gasteiger partial charge in [-0.1, -0.05) is 12.0 Å². The lowest BCUT2D eigenvalue weighted by Crippen LogP contribution is -2.33. The minimum atomic E-state index is 0.574. The molecular formula is C11H12N2O. The lowest BCUT2D eigenvalue weighted by atomic mass is 10.2. The Balaban J connectivity index is 2.42. The van der Waals surface area contributed by atoms with E-state index >= 15 is 0 Å². The van der Waals surface area contributed by atoms with Crippen molar-refractivity contribution in [2.24, 2.45) is 0 Å². The van der Waals surface area contributed by atoms with Gasteiger partial charge < -0.3 is 15.4 Å². The maximum atomic E-state index is 5.87. The van der Waals surface area contributed by atoms with Gasteiger partial charge in [-0.25, -0.2) is 0 Å². The van der Waals surface area contributed by atoms with Gasteiger partial charge in [0, 0.05) is 0 Å². The van der Waals surface area contributed by atoms with Crippen LogP contribution in [0.3, 0.4) is 0 Å². The first-order valence-corrected chi connectivity index (χ1v) is 4.52. The Kier molecular flexibility index (Phi) is 2.19. The number of nitrogen functional groups attached to an aromatic ring is 1. The molecule has 0 saturated heterocycles. The summed E-state index contributed by atoms with van der Waals surface area (Å²) in [5.41, 5.74) is 7.52. The summed E-state index contributed by atoms with van der Waals surface area (Å²) < 4.78 is 5.49. The van der Waals surface area contributed by atoms with Gasteiger partial charge in [-0.15, -0.1) is 6.42 Å². The largest absolute Gasteiger partial charge is 0.489 e. The summed E-state index contributed by atoms with van der Waals surface area (Å²) in [6.07, 6.45) is 5.29. The van der Waals surface area contributed by atoms with Crippen LogP contribution >= 0.6 is 0 Å². The summed E-state index contributed by atoms with van der Waals surface area (Å²) in [7, 11) is 0. The summed E-state index contributed by atoms with van der Waals surface area (Å²) in [6.45, 7) is 2.04. The smallest absolute Gasteiger partial charge is 0.144 e. The predicted octanol–water partition coefficient (Wildman–Crippen LogP) is 1.10. The summed E-state index contributed by atoms with van der Waals surface area (Å²) in [6, 6.07) is 5.65.